The maximum atomic E-state index is 6.27. The highest BCUT2D eigenvalue weighted by atomic mass is 35.5. The molecule has 0 radical (unpaired) electrons. The molecule has 3 aromatic carbocycles. The standard InChI is InChI=1S/C21H17ClN4O/c1-13-9-10-15(22)11-17(13)26-20-19(23)21(25-12-24-20)27-18-8-4-6-14-5-2-3-7-16(14)18/h2-12H,23H2,1H3,(H,24,25,26). The Hall–Kier alpha value is -3.31. The predicted molar refractivity (Wildman–Crippen MR) is 110 cm³/mol. The molecule has 0 atom stereocenters. The third-order valence-corrected chi connectivity index (χ3v) is 4.49. The first kappa shape index (κ1) is 17.1. The van der Waals surface area contributed by atoms with E-state index in [0.29, 0.717) is 28.2 Å². The third-order valence-electron chi connectivity index (χ3n) is 4.26. The lowest BCUT2D eigenvalue weighted by molar-refractivity contribution is 0.470. The lowest BCUT2D eigenvalue weighted by Gasteiger charge is -2.14. The highest BCUT2D eigenvalue weighted by Gasteiger charge is 2.13. The van der Waals surface area contributed by atoms with Crippen molar-refractivity contribution in [3.8, 4) is 11.6 Å². The van der Waals surface area contributed by atoms with Gasteiger partial charge in [-0.3, -0.25) is 0 Å². The molecule has 27 heavy (non-hydrogen) atoms. The van der Waals surface area contributed by atoms with Crippen LogP contribution in [0.3, 0.4) is 0 Å². The molecule has 0 amide bonds. The molecule has 0 aliphatic carbocycles. The van der Waals surface area contributed by atoms with Crippen molar-refractivity contribution in [2.24, 2.45) is 0 Å². The number of fused-ring (bicyclic) bond motifs is 1. The van der Waals surface area contributed by atoms with Gasteiger partial charge in [0.15, 0.2) is 5.82 Å². The Balaban J connectivity index is 1.69. The zero-order valence-corrected chi connectivity index (χ0v) is 15.4. The number of hydrogen-bond donors (Lipinski definition) is 2. The average molecular weight is 377 g/mol. The molecule has 0 spiro atoms. The highest BCUT2D eigenvalue weighted by Crippen LogP contribution is 2.35. The van der Waals surface area contributed by atoms with Crippen LogP contribution in [-0.4, -0.2) is 9.97 Å². The minimum atomic E-state index is 0.295. The van der Waals surface area contributed by atoms with Gasteiger partial charge in [-0.05, 0) is 36.1 Å². The Labute approximate surface area is 161 Å². The summed E-state index contributed by atoms with van der Waals surface area (Å²) in [6.45, 7) is 1.98. The predicted octanol–water partition coefficient (Wildman–Crippen LogP) is 5.71. The van der Waals surface area contributed by atoms with Crippen molar-refractivity contribution in [1.82, 2.24) is 9.97 Å². The van der Waals surface area contributed by atoms with Crippen molar-refractivity contribution >= 4 is 39.6 Å². The van der Waals surface area contributed by atoms with E-state index in [-0.39, 0.29) is 0 Å². The van der Waals surface area contributed by atoms with E-state index in [0.717, 1.165) is 22.0 Å². The van der Waals surface area contributed by atoms with Crippen LogP contribution in [0.25, 0.3) is 10.8 Å². The molecule has 4 aromatic rings. The summed E-state index contributed by atoms with van der Waals surface area (Å²) in [5.41, 5.74) is 8.43. The summed E-state index contributed by atoms with van der Waals surface area (Å²) in [7, 11) is 0. The van der Waals surface area contributed by atoms with Crippen molar-refractivity contribution < 1.29 is 4.74 Å². The van der Waals surface area contributed by atoms with Crippen LogP contribution in [0.1, 0.15) is 5.56 Å². The van der Waals surface area contributed by atoms with E-state index in [1.165, 1.54) is 6.33 Å². The summed E-state index contributed by atoms with van der Waals surface area (Å²) in [6.07, 6.45) is 1.42. The van der Waals surface area contributed by atoms with Gasteiger partial charge < -0.3 is 15.8 Å². The quantitative estimate of drug-likeness (QED) is 0.477. The maximum Gasteiger partial charge on any atom is 0.248 e. The zero-order valence-electron chi connectivity index (χ0n) is 14.6. The number of benzene rings is 3. The number of nitrogens with one attached hydrogen (secondary N) is 1. The van der Waals surface area contributed by atoms with Gasteiger partial charge in [0.1, 0.15) is 17.8 Å². The highest BCUT2D eigenvalue weighted by molar-refractivity contribution is 6.30. The van der Waals surface area contributed by atoms with Crippen molar-refractivity contribution in [3.63, 3.8) is 0 Å². The summed E-state index contributed by atoms with van der Waals surface area (Å²) >= 11 is 6.09. The van der Waals surface area contributed by atoms with Gasteiger partial charge in [-0.25, -0.2) is 4.98 Å². The van der Waals surface area contributed by atoms with Gasteiger partial charge in [-0.1, -0.05) is 54.1 Å². The Morgan fingerprint density at radius 1 is 1.00 bits per heavy atom. The monoisotopic (exact) mass is 376 g/mol. The van der Waals surface area contributed by atoms with Crippen LogP contribution in [0, 0.1) is 6.92 Å². The SMILES string of the molecule is Cc1ccc(Cl)cc1Nc1ncnc(Oc2cccc3ccccc23)c1N. The summed E-state index contributed by atoms with van der Waals surface area (Å²) < 4.78 is 6.01. The summed E-state index contributed by atoms with van der Waals surface area (Å²) in [5.74, 6) is 1.44. The molecule has 0 saturated heterocycles. The molecule has 1 heterocycles. The number of hydrogen-bond acceptors (Lipinski definition) is 5. The first-order valence-corrected chi connectivity index (χ1v) is 8.79. The minimum absolute atomic E-state index is 0.295. The van der Waals surface area contributed by atoms with Gasteiger partial charge >= 0.3 is 0 Å². The Morgan fingerprint density at radius 3 is 2.70 bits per heavy atom. The fraction of sp³-hybridized carbons (Fsp3) is 0.0476. The number of anilines is 3. The van der Waals surface area contributed by atoms with Crippen molar-refractivity contribution in [1.29, 1.82) is 0 Å². The molecule has 0 aliphatic heterocycles. The van der Waals surface area contributed by atoms with Crippen LogP contribution in [0.15, 0.2) is 67.0 Å². The zero-order chi connectivity index (χ0) is 18.8. The molecular weight excluding hydrogens is 360 g/mol. The smallest absolute Gasteiger partial charge is 0.248 e. The molecule has 0 aliphatic rings. The first-order chi connectivity index (χ1) is 13.1. The molecule has 3 N–H and O–H groups in total. The normalized spacial score (nSPS) is 10.7. The molecule has 0 saturated carbocycles. The van der Waals surface area contributed by atoms with Crippen LogP contribution >= 0.6 is 11.6 Å². The molecule has 5 nitrogen and oxygen atoms in total. The molecule has 134 valence electrons. The number of aromatic nitrogens is 2. The van der Waals surface area contributed by atoms with Crippen LogP contribution in [0.4, 0.5) is 17.2 Å². The van der Waals surface area contributed by atoms with Gasteiger partial charge in [0.05, 0.1) is 0 Å². The third kappa shape index (κ3) is 3.50. The van der Waals surface area contributed by atoms with E-state index in [1.807, 2.05) is 67.6 Å². The number of rotatable bonds is 4. The minimum Gasteiger partial charge on any atom is -0.436 e. The van der Waals surface area contributed by atoms with E-state index < -0.39 is 0 Å². The Bertz CT molecular complexity index is 1120. The maximum absolute atomic E-state index is 6.27. The fourth-order valence-corrected chi connectivity index (χ4v) is 2.98. The molecule has 0 unspecified atom stereocenters. The number of nitrogen functional groups attached to an aromatic ring is 1. The van der Waals surface area contributed by atoms with Gasteiger partial charge in [0, 0.05) is 16.1 Å². The lowest BCUT2D eigenvalue weighted by Crippen LogP contribution is -2.04. The van der Waals surface area contributed by atoms with Crippen LogP contribution in [0.2, 0.25) is 5.02 Å². The molecule has 6 heteroatoms. The van der Waals surface area contributed by atoms with Crippen molar-refractivity contribution in [3.05, 3.63) is 77.6 Å². The Morgan fingerprint density at radius 2 is 1.81 bits per heavy atom. The van der Waals surface area contributed by atoms with E-state index in [1.54, 1.807) is 0 Å². The number of ether oxygens (including phenoxy) is 1. The summed E-state index contributed by atoms with van der Waals surface area (Å²) in [6, 6.07) is 19.4. The van der Waals surface area contributed by atoms with Crippen LogP contribution in [0.5, 0.6) is 11.6 Å². The van der Waals surface area contributed by atoms with Crippen LogP contribution < -0.4 is 15.8 Å². The number of nitrogens with zero attached hydrogens (tertiary/aromatic N) is 2. The molecule has 0 fully saturated rings. The first-order valence-electron chi connectivity index (χ1n) is 8.41. The van der Waals surface area contributed by atoms with Gasteiger partial charge in [-0.15, -0.1) is 0 Å². The van der Waals surface area contributed by atoms with Gasteiger partial charge in [-0.2, -0.15) is 4.98 Å². The summed E-state index contributed by atoms with van der Waals surface area (Å²) in [5, 5.41) is 5.90. The lowest BCUT2D eigenvalue weighted by atomic mass is 10.1. The molecule has 0 bridgehead atoms. The fourth-order valence-electron chi connectivity index (χ4n) is 2.81. The van der Waals surface area contributed by atoms with E-state index in [2.05, 4.69) is 15.3 Å². The topological polar surface area (TPSA) is 73.1 Å². The number of aryl methyl sites for hydroxylation is 1. The van der Waals surface area contributed by atoms with Gasteiger partial charge in [0.25, 0.3) is 0 Å². The second-order valence-corrected chi connectivity index (χ2v) is 6.54. The second-order valence-electron chi connectivity index (χ2n) is 6.10. The summed E-state index contributed by atoms with van der Waals surface area (Å²) in [4.78, 5) is 8.44. The van der Waals surface area contributed by atoms with Crippen molar-refractivity contribution in [2.75, 3.05) is 11.1 Å². The van der Waals surface area contributed by atoms with E-state index >= 15 is 0 Å². The Kier molecular flexibility index (Phi) is 4.52. The molecule has 1 aromatic heterocycles. The van der Waals surface area contributed by atoms with E-state index in [9.17, 15) is 0 Å². The molecule has 4 rings (SSSR count). The largest absolute Gasteiger partial charge is 0.436 e. The van der Waals surface area contributed by atoms with Gasteiger partial charge in [0.2, 0.25) is 5.88 Å². The van der Waals surface area contributed by atoms with Crippen LogP contribution in [-0.2, 0) is 0 Å². The second kappa shape index (κ2) is 7.13. The average Bonchev–Trinajstić information content (AvgIpc) is 2.68. The van der Waals surface area contributed by atoms with Crippen molar-refractivity contribution in [2.45, 2.75) is 6.92 Å². The van der Waals surface area contributed by atoms with E-state index in [4.69, 9.17) is 22.1 Å². The number of halogens is 1. The molecular formula is C21H17ClN4O. The number of nitrogens with two attached hydrogens (primary N) is 1.